The Balaban J connectivity index is 0.00000218. The van der Waals surface area contributed by atoms with Crippen molar-refractivity contribution < 1.29 is 1.43 Å². The molecule has 0 amide bonds. The Morgan fingerprint density at radius 2 is 2.00 bits per heavy atom. The number of hydrogen-bond donors (Lipinski definition) is 0. The van der Waals surface area contributed by atoms with E-state index in [1.165, 1.54) is 50.4 Å². The molecule has 0 fully saturated rings. The molecule has 148 valence electrons. The Morgan fingerprint density at radius 3 is 2.86 bits per heavy atom. The average Bonchev–Trinajstić information content (AvgIpc) is 2.84. The van der Waals surface area contributed by atoms with Crippen molar-refractivity contribution in [3.63, 3.8) is 0 Å². The molecule has 0 radical (unpaired) electrons. The van der Waals surface area contributed by atoms with Gasteiger partial charge in [0.25, 0.3) is 0 Å². The van der Waals surface area contributed by atoms with Crippen molar-refractivity contribution in [2.75, 3.05) is 0 Å². The highest BCUT2D eigenvalue weighted by Gasteiger charge is 2.23. The molecule has 0 N–H and O–H groups in total. The first-order valence-corrected chi connectivity index (χ1v) is 10.8. The molecule has 0 saturated carbocycles. The van der Waals surface area contributed by atoms with E-state index in [4.69, 9.17) is 4.98 Å². The summed E-state index contributed by atoms with van der Waals surface area (Å²) in [5.74, 6) is 1.15. The minimum absolute atomic E-state index is 0. The first-order chi connectivity index (χ1) is 14.1. The lowest BCUT2D eigenvalue weighted by molar-refractivity contribution is 0.700. The van der Waals surface area contributed by atoms with Crippen LogP contribution in [0.25, 0.3) is 11.1 Å². The molecule has 1 aromatic rings. The number of hydrogen-bond acceptors (Lipinski definition) is 2. The summed E-state index contributed by atoms with van der Waals surface area (Å²) in [5.41, 5.74) is 11.9. The van der Waals surface area contributed by atoms with Crippen LogP contribution in [0, 0.1) is 11.8 Å². The Kier molecular flexibility index (Phi) is 4.58. The van der Waals surface area contributed by atoms with Gasteiger partial charge in [-0.15, -0.1) is 0 Å². The van der Waals surface area contributed by atoms with Crippen LogP contribution in [0.5, 0.6) is 0 Å². The number of fused-ring (bicyclic) bond motifs is 3. The first-order valence-electron chi connectivity index (χ1n) is 10.8. The number of aromatic nitrogens is 1. The average molecular weight is 383 g/mol. The zero-order chi connectivity index (χ0) is 20.0. The van der Waals surface area contributed by atoms with Crippen molar-refractivity contribution >= 4 is 16.9 Å². The predicted molar refractivity (Wildman–Crippen MR) is 125 cm³/mol. The van der Waals surface area contributed by atoms with Gasteiger partial charge in [0.2, 0.25) is 0 Å². The molecule has 2 bridgehead atoms. The first kappa shape index (κ1) is 18.3. The van der Waals surface area contributed by atoms with Gasteiger partial charge in [0.15, 0.2) is 0 Å². The summed E-state index contributed by atoms with van der Waals surface area (Å²) in [4.78, 5) is 9.45. The number of aliphatic imine (C=N–C) groups is 1. The van der Waals surface area contributed by atoms with Crippen LogP contribution in [0.15, 0.2) is 76.6 Å². The summed E-state index contributed by atoms with van der Waals surface area (Å²) >= 11 is 0. The van der Waals surface area contributed by atoms with Gasteiger partial charge >= 0.3 is 0 Å². The van der Waals surface area contributed by atoms with Gasteiger partial charge in [0, 0.05) is 37.1 Å². The molecule has 2 heterocycles. The fourth-order valence-electron chi connectivity index (χ4n) is 5.27. The number of rotatable bonds is 2. The molecule has 2 unspecified atom stereocenters. The summed E-state index contributed by atoms with van der Waals surface area (Å²) < 4.78 is 0. The highest BCUT2D eigenvalue weighted by atomic mass is 14.7. The maximum Gasteiger partial charge on any atom is 0.0520 e. The second-order valence-electron chi connectivity index (χ2n) is 8.89. The molecule has 29 heavy (non-hydrogen) atoms. The van der Waals surface area contributed by atoms with Crippen molar-refractivity contribution in [2.45, 2.75) is 46.5 Å². The van der Waals surface area contributed by atoms with Crippen LogP contribution in [-0.4, -0.2) is 10.7 Å². The van der Waals surface area contributed by atoms with Gasteiger partial charge in [-0.2, -0.15) is 0 Å². The van der Waals surface area contributed by atoms with E-state index in [-0.39, 0.29) is 1.43 Å². The van der Waals surface area contributed by atoms with Crippen LogP contribution >= 0.6 is 0 Å². The molecular formula is C27H30N2. The summed E-state index contributed by atoms with van der Waals surface area (Å²) in [6, 6.07) is 2.38. The summed E-state index contributed by atoms with van der Waals surface area (Å²) in [5, 5.41) is 0. The predicted octanol–water partition coefficient (Wildman–Crippen LogP) is 6.89. The quantitative estimate of drug-likeness (QED) is 0.547. The highest BCUT2D eigenvalue weighted by Crippen LogP contribution is 2.40. The standard InChI is InChI=1S/C27H28N2.H2/c1-17-11-18(2)27(19(3)12-17)22-15-25-24(8-9-26(25)29-16-22)21-6-7-23-14-20(13-21)5-4-10-28-23;/h4,6-8,10-11,13,15-17,20H,5,9,12,14H2,1-3H3;1H. The topological polar surface area (TPSA) is 25.2 Å². The van der Waals surface area contributed by atoms with E-state index < -0.39 is 0 Å². The summed E-state index contributed by atoms with van der Waals surface area (Å²) in [6.07, 6.45) is 22.0. The van der Waals surface area contributed by atoms with E-state index >= 15 is 0 Å². The van der Waals surface area contributed by atoms with Crippen LogP contribution in [0.4, 0.5) is 0 Å². The van der Waals surface area contributed by atoms with E-state index in [1.807, 2.05) is 6.20 Å². The molecule has 3 aliphatic carbocycles. The van der Waals surface area contributed by atoms with Crippen LogP contribution in [0.2, 0.25) is 0 Å². The fourth-order valence-corrected chi connectivity index (χ4v) is 5.27. The smallest absolute Gasteiger partial charge is 0.0520 e. The third-order valence-electron chi connectivity index (χ3n) is 6.47. The molecule has 0 spiro atoms. The maximum atomic E-state index is 4.87. The molecule has 0 saturated heterocycles. The van der Waals surface area contributed by atoms with E-state index in [0.29, 0.717) is 11.8 Å². The highest BCUT2D eigenvalue weighted by molar-refractivity contribution is 5.99. The molecule has 2 heteroatoms. The van der Waals surface area contributed by atoms with Crippen molar-refractivity contribution in [3.8, 4) is 0 Å². The fraction of sp³-hybridized carbons (Fsp3) is 0.333. The molecule has 1 aliphatic heterocycles. The number of allylic oxidation sites excluding steroid dienone is 11. The van der Waals surface area contributed by atoms with Crippen molar-refractivity contribution in [2.24, 2.45) is 16.8 Å². The Hall–Kier alpha value is -2.74. The van der Waals surface area contributed by atoms with E-state index in [9.17, 15) is 0 Å². The number of nitrogens with zero attached hydrogens (tertiary/aromatic N) is 2. The van der Waals surface area contributed by atoms with E-state index in [0.717, 1.165) is 25.7 Å². The Morgan fingerprint density at radius 1 is 1.10 bits per heavy atom. The van der Waals surface area contributed by atoms with Crippen molar-refractivity contribution in [1.29, 1.82) is 0 Å². The van der Waals surface area contributed by atoms with Gasteiger partial charge in [0.1, 0.15) is 0 Å². The Bertz CT molecular complexity index is 1090. The van der Waals surface area contributed by atoms with E-state index in [2.05, 4.69) is 74.5 Å². The molecule has 1 aromatic heterocycles. The van der Waals surface area contributed by atoms with Crippen LogP contribution < -0.4 is 0 Å². The van der Waals surface area contributed by atoms with Gasteiger partial charge in [0.05, 0.1) is 5.69 Å². The lowest BCUT2D eigenvalue weighted by Crippen LogP contribution is -2.05. The molecular weight excluding hydrogens is 352 g/mol. The second kappa shape index (κ2) is 7.26. The number of pyridine rings is 1. The zero-order valence-corrected chi connectivity index (χ0v) is 17.6. The van der Waals surface area contributed by atoms with Gasteiger partial charge < -0.3 is 0 Å². The van der Waals surface area contributed by atoms with Crippen molar-refractivity contribution in [1.82, 2.24) is 4.98 Å². The monoisotopic (exact) mass is 382 g/mol. The third kappa shape index (κ3) is 3.42. The molecule has 4 aliphatic rings. The third-order valence-corrected chi connectivity index (χ3v) is 6.47. The minimum Gasteiger partial charge on any atom is -0.262 e. The van der Waals surface area contributed by atoms with Crippen LogP contribution in [0.3, 0.4) is 0 Å². The van der Waals surface area contributed by atoms with Gasteiger partial charge in [-0.1, -0.05) is 42.9 Å². The molecule has 2 atom stereocenters. The minimum atomic E-state index is 0. The van der Waals surface area contributed by atoms with Gasteiger partial charge in [-0.25, -0.2) is 0 Å². The van der Waals surface area contributed by atoms with Crippen LogP contribution in [0.1, 0.15) is 58.3 Å². The molecule has 2 nitrogen and oxygen atoms in total. The zero-order valence-electron chi connectivity index (χ0n) is 17.6. The maximum absolute atomic E-state index is 4.87. The largest absolute Gasteiger partial charge is 0.262 e. The SMILES string of the molecule is CC1=CC(C)CC(C)=C1c1cnc2c(c1)C(C1=CC3CC=CN=C(C=C1)C3)=CC2.[HH]. The lowest BCUT2D eigenvalue weighted by atomic mass is 9.83. The summed E-state index contributed by atoms with van der Waals surface area (Å²) in [7, 11) is 0. The normalized spacial score (nSPS) is 25.6. The van der Waals surface area contributed by atoms with Crippen molar-refractivity contribution in [3.05, 3.63) is 88.5 Å². The second-order valence-corrected chi connectivity index (χ2v) is 8.89. The lowest BCUT2D eigenvalue weighted by Gasteiger charge is -2.22. The Labute approximate surface area is 175 Å². The molecule has 0 aromatic carbocycles. The van der Waals surface area contributed by atoms with Crippen LogP contribution in [-0.2, 0) is 6.42 Å². The summed E-state index contributed by atoms with van der Waals surface area (Å²) in [6.45, 7) is 6.82. The molecule has 5 rings (SSSR count). The van der Waals surface area contributed by atoms with Gasteiger partial charge in [-0.3, -0.25) is 9.98 Å². The van der Waals surface area contributed by atoms with Gasteiger partial charge in [-0.05, 0) is 79.4 Å². The van der Waals surface area contributed by atoms with E-state index in [1.54, 1.807) is 0 Å².